The molecule has 0 bridgehead atoms. The number of ether oxygens (including phenoxy) is 1. The van der Waals surface area contributed by atoms with E-state index in [-0.39, 0.29) is 17.7 Å². The molecule has 0 saturated carbocycles. The average Bonchev–Trinajstić information content (AvgIpc) is 3.14. The third-order valence-electron chi connectivity index (χ3n) is 4.11. The summed E-state index contributed by atoms with van der Waals surface area (Å²) in [5.74, 6) is 0.681. The smallest absolute Gasteiger partial charge is 0.258 e. The van der Waals surface area contributed by atoms with Crippen molar-refractivity contribution in [3.05, 3.63) is 59.7 Å². The molecule has 0 aliphatic carbocycles. The zero-order valence-electron chi connectivity index (χ0n) is 14.5. The summed E-state index contributed by atoms with van der Waals surface area (Å²) in [6.07, 6.45) is 2.01. The zero-order valence-corrected chi connectivity index (χ0v) is 14.5. The summed E-state index contributed by atoms with van der Waals surface area (Å²) in [5.41, 5.74) is 10.2. The molecule has 7 nitrogen and oxygen atoms in total. The number of para-hydroxylation sites is 1. The van der Waals surface area contributed by atoms with E-state index in [1.54, 1.807) is 24.3 Å². The van der Waals surface area contributed by atoms with Gasteiger partial charge in [0.2, 0.25) is 0 Å². The first-order valence-corrected chi connectivity index (χ1v) is 8.52. The van der Waals surface area contributed by atoms with Crippen molar-refractivity contribution in [1.82, 2.24) is 16.3 Å². The van der Waals surface area contributed by atoms with Crippen LogP contribution in [0, 0.1) is 0 Å². The van der Waals surface area contributed by atoms with Crippen LogP contribution in [0.25, 0.3) is 0 Å². The van der Waals surface area contributed by atoms with Crippen LogP contribution in [0.3, 0.4) is 0 Å². The molecular weight excluding hydrogens is 332 g/mol. The summed E-state index contributed by atoms with van der Waals surface area (Å²) in [6, 6.07) is 14.2. The van der Waals surface area contributed by atoms with Gasteiger partial charge in [0.1, 0.15) is 17.5 Å². The Bertz CT molecular complexity index is 794. The third kappa shape index (κ3) is 4.38. The Morgan fingerprint density at radius 2 is 2.15 bits per heavy atom. The van der Waals surface area contributed by atoms with Crippen molar-refractivity contribution in [3.8, 4) is 11.5 Å². The summed E-state index contributed by atoms with van der Waals surface area (Å²) in [6.45, 7) is 2.55. The molecule has 1 aliphatic rings. The lowest BCUT2D eigenvalue weighted by molar-refractivity contribution is -0.122. The number of phenols is 1. The highest BCUT2D eigenvalue weighted by Gasteiger charge is 2.30. The van der Waals surface area contributed by atoms with Crippen LogP contribution < -0.4 is 21.0 Å². The fraction of sp³-hybridized carbons (Fsp3) is 0.263. The van der Waals surface area contributed by atoms with E-state index in [4.69, 9.17) is 4.74 Å². The number of hydrogen-bond acceptors (Lipinski definition) is 6. The molecule has 26 heavy (non-hydrogen) atoms. The predicted octanol–water partition coefficient (Wildman–Crippen LogP) is 1.85. The Morgan fingerprint density at radius 3 is 2.96 bits per heavy atom. The largest absolute Gasteiger partial charge is 0.507 e. The van der Waals surface area contributed by atoms with Crippen LogP contribution in [-0.4, -0.2) is 29.9 Å². The van der Waals surface area contributed by atoms with Crippen molar-refractivity contribution < 1.29 is 14.6 Å². The molecular formula is C19H22N4O3. The molecule has 1 aliphatic heterocycles. The van der Waals surface area contributed by atoms with E-state index >= 15 is 0 Å². The molecule has 7 heteroatoms. The number of phenolic OH excluding ortho intramolecular Hbond substituents is 1. The molecule has 0 spiro atoms. The van der Waals surface area contributed by atoms with Crippen LogP contribution in [0.1, 0.15) is 30.5 Å². The van der Waals surface area contributed by atoms with E-state index in [1.807, 2.05) is 31.2 Å². The van der Waals surface area contributed by atoms with Gasteiger partial charge < -0.3 is 9.84 Å². The lowest BCUT2D eigenvalue weighted by atomic mass is 10.0. The van der Waals surface area contributed by atoms with Gasteiger partial charge in [-0.15, -0.1) is 0 Å². The summed E-state index contributed by atoms with van der Waals surface area (Å²) in [7, 11) is 0. The summed E-state index contributed by atoms with van der Waals surface area (Å²) >= 11 is 0. The molecule has 1 amide bonds. The van der Waals surface area contributed by atoms with Crippen LogP contribution in [0.5, 0.6) is 11.5 Å². The van der Waals surface area contributed by atoms with Gasteiger partial charge in [0, 0.05) is 11.6 Å². The van der Waals surface area contributed by atoms with E-state index in [1.165, 1.54) is 6.21 Å². The summed E-state index contributed by atoms with van der Waals surface area (Å²) in [4.78, 5) is 12.3. The van der Waals surface area contributed by atoms with Gasteiger partial charge >= 0.3 is 0 Å². The third-order valence-corrected chi connectivity index (χ3v) is 4.11. The first-order chi connectivity index (χ1) is 12.7. The standard InChI is InChI=1S/C19H22N4O3/c1-2-26-15-8-5-7-13(10-15)16-11-17(22-21-16)19(25)23-20-12-14-6-3-4-9-18(14)24/h3-10,12,16-17,21-22,24H,2,11H2,1H3,(H,23,25)/b20-12+. The Balaban J connectivity index is 1.56. The highest BCUT2D eigenvalue weighted by Crippen LogP contribution is 2.25. The van der Waals surface area contributed by atoms with Crippen molar-refractivity contribution in [3.63, 3.8) is 0 Å². The SMILES string of the molecule is CCOc1cccc(C2CC(C(=O)N/N=C/c3ccccc3O)NN2)c1. The number of amides is 1. The number of aromatic hydroxyl groups is 1. The lowest BCUT2D eigenvalue weighted by Gasteiger charge is -2.11. The minimum Gasteiger partial charge on any atom is -0.507 e. The van der Waals surface area contributed by atoms with E-state index in [0.29, 0.717) is 18.6 Å². The van der Waals surface area contributed by atoms with Gasteiger partial charge in [-0.1, -0.05) is 24.3 Å². The lowest BCUT2D eigenvalue weighted by Crippen LogP contribution is -2.41. The van der Waals surface area contributed by atoms with Gasteiger partial charge in [-0.3, -0.25) is 4.79 Å². The van der Waals surface area contributed by atoms with Crippen molar-refractivity contribution in [2.24, 2.45) is 5.10 Å². The van der Waals surface area contributed by atoms with Crippen molar-refractivity contribution in [2.45, 2.75) is 25.4 Å². The highest BCUT2D eigenvalue weighted by atomic mass is 16.5. The molecule has 2 aromatic rings. The van der Waals surface area contributed by atoms with E-state index in [9.17, 15) is 9.90 Å². The Hall–Kier alpha value is -2.90. The van der Waals surface area contributed by atoms with E-state index in [0.717, 1.165) is 11.3 Å². The van der Waals surface area contributed by atoms with E-state index < -0.39 is 6.04 Å². The van der Waals surface area contributed by atoms with Gasteiger partial charge in [-0.25, -0.2) is 16.3 Å². The molecule has 0 radical (unpaired) electrons. The van der Waals surface area contributed by atoms with Gasteiger partial charge in [-0.2, -0.15) is 5.10 Å². The predicted molar refractivity (Wildman–Crippen MR) is 98.9 cm³/mol. The number of hydrazone groups is 1. The van der Waals surface area contributed by atoms with Crippen molar-refractivity contribution >= 4 is 12.1 Å². The molecule has 1 saturated heterocycles. The maximum absolute atomic E-state index is 12.3. The van der Waals surface area contributed by atoms with Crippen molar-refractivity contribution in [2.75, 3.05) is 6.61 Å². The molecule has 2 unspecified atom stereocenters. The van der Waals surface area contributed by atoms with Gasteiger partial charge in [0.15, 0.2) is 0 Å². The number of carbonyl (C=O) groups excluding carboxylic acids is 1. The fourth-order valence-corrected chi connectivity index (χ4v) is 2.77. The highest BCUT2D eigenvalue weighted by molar-refractivity contribution is 5.86. The van der Waals surface area contributed by atoms with Gasteiger partial charge in [0.25, 0.3) is 5.91 Å². The maximum atomic E-state index is 12.3. The first-order valence-electron chi connectivity index (χ1n) is 8.52. The van der Waals surface area contributed by atoms with Gasteiger partial charge in [0.05, 0.1) is 12.8 Å². The second-order valence-electron chi connectivity index (χ2n) is 5.93. The molecule has 136 valence electrons. The molecule has 1 heterocycles. The molecule has 4 N–H and O–H groups in total. The number of nitrogens with zero attached hydrogens (tertiary/aromatic N) is 1. The summed E-state index contributed by atoms with van der Waals surface area (Å²) in [5, 5.41) is 13.6. The van der Waals surface area contributed by atoms with Crippen LogP contribution >= 0.6 is 0 Å². The van der Waals surface area contributed by atoms with Crippen LogP contribution in [0.4, 0.5) is 0 Å². The van der Waals surface area contributed by atoms with Crippen LogP contribution in [-0.2, 0) is 4.79 Å². The fourth-order valence-electron chi connectivity index (χ4n) is 2.77. The molecule has 0 aromatic heterocycles. The minimum atomic E-state index is -0.405. The molecule has 2 aromatic carbocycles. The Morgan fingerprint density at radius 1 is 1.31 bits per heavy atom. The number of nitrogens with one attached hydrogen (secondary N) is 3. The number of carbonyl (C=O) groups is 1. The first kappa shape index (κ1) is 17.9. The summed E-state index contributed by atoms with van der Waals surface area (Å²) < 4.78 is 5.52. The quantitative estimate of drug-likeness (QED) is 0.469. The van der Waals surface area contributed by atoms with Crippen molar-refractivity contribution in [1.29, 1.82) is 0 Å². The Labute approximate surface area is 152 Å². The molecule has 1 fully saturated rings. The minimum absolute atomic E-state index is 0.00769. The normalized spacial score (nSPS) is 19.6. The molecule has 2 atom stereocenters. The zero-order chi connectivity index (χ0) is 18.4. The second kappa shape index (κ2) is 8.46. The maximum Gasteiger partial charge on any atom is 0.258 e. The number of hydrogen-bond donors (Lipinski definition) is 4. The number of hydrazine groups is 1. The van der Waals surface area contributed by atoms with Gasteiger partial charge in [-0.05, 0) is 43.2 Å². The topological polar surface area (TPSA) is 95.0 Å². The Kier molecular flexibility index (Phi) is 5.83. The second-order valence-corrected chi connectivity index (χ2v) is 5.93. The van der Waals surface area contributed by atoms with Crippen LogP contribution in [0.2, 0.25) is 0 Å². The molecule has 3 rings (SSSR count). The van der Waals surface area contributed by atoms with E-state index in [2.05, 4.69) is 21.4 Å². The monoisotopic (exact) mass is 354 g/mol. The number of rotatable bonds is 6. The number of benzene rings is 2. The average molecular weight is 354 g/mol. The van der Waals surface area contributed by atoms with Crippen LogP contribution in [0.15, 0.2) is 53.6 Å².